The Labute approximate surface area is 193 Å². The summed E-state index contributed by atoms with van der Waals surface area (Å²) in [4.78, 5) is 34.9. The molecule has 32 heavy (non-hydrogen) atoms. The van der Waals surface area contributed by atoms with Crippen molar-refractivity contribution in [1.82, 2.24) is 19.4 Å². The zero-order valence-corrected chi connectivity index (χ0v) is 19.6. The van der Waals surface area contributed by atoms with Crippen LogP contribution in [0.2, 0.25) is 0 Å². The van der Waals surface area contributed by atoms with Gasteiger partial charge in [0.25, 0.3) is 5.56 Å². The normalized spacial score (nSPS) is 15.8. The summed E-state index contributed by atoms with van der Waals surface area (Å²) in [6.45, 7) is 8.04. The van der Waals surface area contributed by atoms with Crippen molar-refractivity contribution in [2.75, 3.05) is 31.9 Å². The first-order valence-corrected chi connectivity index (χ1v) is 12.3. The van der Waals surface area contributed by atoms with Crippen LogP contribution in [-0.2, 0) is 11.3 Å². The number of fused-ring (bicyclic) bond motifs is 1. The van der Waals surface area contributed by atoms with E-state index in [0.29, 0.717) is 34.4 Å². The lowest BCUT2D eigenvalue weighted by molar-refractivity contribution is -0.130. The first kappa shape index (κ1) is 22.6. The van der Waals surface area contributed by atoms with Crippen LogP contribution in [0.5, 0.6) is 0 Å². The Morgan fingerprint density at radius 1 is 1.03 bits per heavy atom. The van der Waals surface area contributed by atoms with Crippen molar-refractivity contribution < 1.29 is 4.79 Å². The molecule has 7 heteroatoms. The van der Waals surface area contributed by atoms with Gasteiger partial charge in [-0.25, -0.2) is 4.98 Å². The molecule has 168 valence electrons. The summed E-state index contributed by atoms with van der Waals surface area (Å²) in [6, 6.07) is 18.2. The highest BCUT2D eigenvalue weighted by atomic mass is 32.2. The molecule has 1 unspecified atom stereocenters. The van der Waals surface area contributed by atoms with Gasteiger partial charge >= 0.3 is 0 Å². The molecule has 0 aliphatic carbocycles. The maximum Gasteiger partial charge on any atom is 0.262 e. The van der Waals surface area contributed by atoms with E-state index >= 15 is 0 Å². The molecule has 1 aromatic heterocycles. The number of hydrogen-bond donors (Lipinski definition) is 0. The second-order valence-electron chi connectivity index (χ2n) is 8.16. The Morgan fingerprint density at radius 3 is 2.44 bits per heavy atom. The SMILES string of the molecule is CCCn1c(SCC(=O)N2CCN(C(C)c3ccccc3)CC2)nc2ccccc2c1=O. The molecule has 3 aromatic rings. The fraction of sp³-hybridized carbons (Fsp3) is 0.400. The Morgan fingerprint density at radius 2 is 1.72 bits per heavy atom. The second-order valence-corrected chi connectivity index (χ2v) is 9.10. The number of rotatable bonds is 7. The summed E-state index contributed by atoms with van der Waals surface area (Å²) >= 11 is 1.37. The molecule has 1 amide bonds. The molecule has 0 radical (unpaired) electrons. The minimum atomic E-state index is -0.0316. The van der Waals surface area contributed by atoms with Crippen LogP contribution in [0.3, 0.4) is 0 Å². The quantitative estimate of drug-likeness (QED) is 0.405. The molecular weight excluding hydrogens is 420 g/mol. The zero-order chi connectivity index (χ0) is 22.5. The maximum absolute atomic E-state index is 12.9. The van der Waals surface area contributed by atoms with E-state index in [1.165, 1.54) is 17.3 Å². The lowest BCUT2D eigenvalue weighted by Gasteiger charge is -2.38. The predicted molar refractivity (Wildman–Crippen MR) is 130 cm³/mol. The summed E-state index contributed by atoms with van der Waals surface area (Å²) in [5.74, 6) is 0.399. The third-order valence-corrected chi connectivity index (χ3v) is 7.06. The van der Waals surface area contributed by atoms with Crippen molar-refractivity contribution in [2.45, 2.75) is 38.0 Å². The van der Waals surface area contributed by atoms with Gasteiger partial charge in [0.1, 0.15) is 0 Å². The standard InChI is InChI=1S/C25H30N4O2S/c1-3-13-29-24(31)21-11-7-8-12-22(21)26-25(29)32-18-23(30)28-16-14-27(15-17-28)19(2)20-9-5-4-6-10-20/h4-12,19H,3,13-18H2,1-2H3. The molecular formula is C25H30N4O2S. The van der Waals surface area contributed by atoms with Crippen molar-refractivity contribution in [1.29, 1.82) is 0 Å². The van der Waals surface area contributed by atoms with Gasteiger partial charge in [0.2, 0.25) is 5.91 Å². The van der Waals surface area contributed by atoms with E-state index in [1.807, 2.05) is 42.2 Å². The number of aromatic nitrogens is 2. The molecule has 0 spiro atoms. The number of hydrogen-bond acceptors (Lipinski definition) is 5. The van der Waals surface area contributed by atoms with Gasteiger partial charge in [0, 0.05) is 38.8 Å². The third kappa shape index (κ3) is 4.89. The lowest BCUT2D eigenvalue weighted by atomic mass is 10.1. The van der Waals surface area contributed by atoms with Crippen molar-refractivity contribution >= 4 is 28.6 Å². The average Bonchev–Trinajstić information content (AvgIpc) is 2.85. The topological polar surface area (TPSA) is 58.4 Å². The number of nitrogens with zero attached hydrogens (tertiary/aromatic N) is 4. The Bertz CT molecular complexity index is 1120. The molecule has 1 aliphatic heterocycles. The summed E-state index contributed by atoms with van der Waals surface area (Å²) in [5.41, 5.74) is 1.96. The van der Waals surface area contributed by atoms with E-state index in [0.717, 1.165) is 32.6 Å². The highest BCUT2D eigenvalue weighted by Crippen LogP contribution is 2.23. The fourth-order valence-electron chi connectivity index (χ4n) is 4.20. The van der Waals surface area contributed by atoms with Crippen LogP contribution in [0.1, 0.15) is 31.9 Å². The van der Waals surface area contributed by atoms with E-state index in [4.69, 9.17) is 0 Å². The molecule has 1 saturated heterocycles. The van der Waals surface area contributed by atoms with Crippen LogP contribution in [-0.4, -0.2) is 57.2 Å². The number of para-hydroxylation sites is 1. The molecule has 6 nitrogen and oxygen atoms in total. The number of carbonyl (C=O) groups is 1. The molecule has 1 fully saturated rings. The third-order valence-electron chi connectivity index (χ3n) is 6.10. The van der Waals surface area contributed by atoms with Crippen LogP contribution in [0.4, 0.5) is 0 Å². The van der Waals surface area contributed by atoms with E-state index in [-0.39, 0.29) is 11.5 Å². The van der Waals surface area contributed by atoms with Crippen molar-refractivity contribution in [2.24, 2.45) is 0 Å². The number of benzene rings is 2. The first-order chi connectivity index (χ1) is 15.6. The van der Waals surface area contributed by atoms with E-state index in [2.05, 4.69) is 41.1 Å². The highest BCUT2D eigenvalue weighted by Gasteiger charge is 2.25. The highest BCUT2D eigenvalue weighted by molar-refractivity contribution is 7.99. The number of piperazine rings is 1. The number of amides is 1. The summed E-state index contributed by atoms with van der Waals surface area (Å²) < 4.78 is 1.71. The lowest BCUT2D eigenvalue weighted by Crippen LogP contribution is -2.49. The minimum absolute atomic E-state index is 0.0316. The zero-order valence-electron chi connectivity index (χ0n) is 18.7. The van der Waals surface area contributed by atoms with Crippen LogP contribution < -0.4 is 5.56 Å². The maximum atomic E-state index is 12.9. The smallest absolute Gasteiger partial charge is 0.262 e. The van der Waals surface area contributed by atoms with Gasteiger partial charge in [-0.15, -0.1) is 0 Å². The monoisotopic (exact) mass is 450 g/mol. The first-order valence-electron chi connectivity index (χ1n) is 11.3. The molecule has 0 saturated carbocycles. The molecule has 2 heterocycles. The Kier molecular flexibility index (Phi) is 7.27. The predicted octanol–water partition coefficient (Wildman–Crippen LogP) is 3.80. The second kappa shape index (κ2) is 10.3. The van der Waals surface area contributed by atoms with E-state index in [9.17, 15) is 9.59 Å². The summed E-state index contributed by atoms with van der Waals surface area (Å²) in [7, 11) is 0. The fourth-order valence-corrected chi connectivity index (χ4v) is 5.13. The van der Waals surface area contributed by atoms with Gasteiger partial charge in [-0.3, -0.25) is 19.1 Å². The minimum Gasteiger partial charge on any atom is -0.339 e. The molecule has 2 aromatic carbocycles. The van der Waals surface area contributed by atoms with E-state index in [1.54, 1.807) is 4.57 Å². The molecule has 4 rings (SSSR count). The van der Waals surface area contributed by atoms with Gasteiger partial charge < -0.3 is 4.90 Å². The Balaban J connectivity index is 1.39. The van der Waals surface area contributed by atoms with Crippen LogP contribution in [0.25, 0.3) is 10.9 Å². The number of thioether (sulfide) groups is 1. The van der Waals surface area contributed by atoms with Crippen LogP contribution in [0.15, 0.2) is 64.5 Å². The van der Waals surface area contributed by atoms with Gasteiger partial charge in [-0.2, -0.15) is 0 Å². The summed E-state index contributed by atoms with van der Waals surface area (Å²) in [6.07, 6.45) is 0.836. The van der Waals surface area contributed by atoms with Crippen molar-refractivity contribution in [3.05, 3.63) is 70.5 Å². The van der Waals surface area contributed by atoms with Gasteiger partial charge in [0.05, 0.1) is 16.7 Å². The van der Waals surface area contributed by atoms with E-state index < -0.39 is 0 Å². The average molecular weight is 451 g/mol. The molecule has 1 atom stereocenters. The molecule has 0 N–H and O–H groups in total. The summed E-state index contributed by atoms with van der Waals surface area (Å²) in [5, 5.41) is 1.25. The van der Waals surface area contributed by atoms with Gasteiger partial charge in [-0.05, 0) is 31.0 Å². The van der Waals surface area contributed by atoms with Crippen LogP contribution >= 0.6 is 11.8 Å². The van der Waals surface area contributed by atoms with Crippen LogP contribution in [0, 0.1) is 0 Å². The molecule has 1 aliphatic rings. The largest absolute Gasteiger partial charge is 0.339 e. The van der Waals surface area contributed by atoms with Crippen molar-refractivity contribution in [3.8, 4) is 0 Å². The molecule has 0 bridgehead atoms. The van der Waals surface area contributed by atoms with Crippen molar-refractivity contribution in [3.63, 3.8) is 0 Å². The Hall–Kier alpha value is -2.64. The van der Waals surface area contributed by atoms with Gasteiger partial charge in [0.15, 0.2) is 5.16 Å². The number of carbonyl (C=O) groups excluding carboxylic acids is 1. The van der Waals surface area contributed by atoms with Gasteiger partial charge in [-0.1, -0.05) is 61.2 Å².